The zero-order chi connectivity index (χ0) is 14.4. The molecule has 19 heavy (non-hydrogen) atoms. The number of rotatable bonds is 7. The molecule has 1 rings (SSSR count). The molecule has 0 spiro atoms. The van der Waals surface area contributed by atoms with E-state index in [0.717, 1.165) is 12.1 Å². The maximum atomic E-state index is 11.1. The van der Waals surface area contributed by atoms with Crippen molar-refractivity contribution >= 4 is 11.8 Å². The maximum Gasteiger partial charge on any atom is 0.335 e. The predicted octanol–water partition coefficient (Wildman–Crippen LogP) is 2.74. The number of nitrogens with one attached hydrogen (secondary N) is 1. The van der Waals surface area contributed by atoms with E-state index in [9.17, 15) is 4.79 Å². The smallest absolute Gasteiger partial charge is 0.335 e. The number of ether oxygens (including phenoxy) is 1. The Morgan fingerprint density at radius 2 is 2.11 bits per heavy atom. The Labute approximate surface area is 114 Å². The summed E-state index contributed by atoms with van der Waals surface area (Å²) in [5, 5.41) is 12.3. The van der Waals surface area contributed by atoms with Crippen LogP contribution in [0.4, 0.5) is 5.82 Å². The third-order valence-electron chi connectivity index (χ3n) is 2.83. The number of carboxylic acids is 1. The molecule has 0 saturated heterocycles. The molecule has 0 aliphatic heterocycles. The van der Waals surface area contributed by atoms with E-state index in [2.05, 4.69) is 10.3 Å². The average Bonchev–Trinajstić information content (AvgIpc) is 2.35. The molecule has 5 nitrogen and oxygen atoms in total. The fraction of sp³-hybridized carbons (Fsp3) is 0.571. The van der Waals surface area contributed by atoms with Gasteiger partial charge in [-0.05, 0) is 31.4 Å². The van der Waals surface area contributed by atoms with Crippen molar-refractivity contribution in [2.24, 2.45) is 0 Å². The minimum atomic E-state index is -0.933. The molecule has 0 saturated carbocycles. The van der Waals surface area contributed by atoms with E-state index in [4.69, 9.17) is 9.84 Å². The van der Waals surface area contributed by atoms with Gasteiger partial charge in [-0.3, -0.25) is 0 Å². The van der Waals surface area contributed by atoms with Crippen molar-refractivity contribution in [3.05, 3.63) is 23.4 Å². The summed E-state index contributed by atoms with van der Waals surface area (Å²) in [6, 6.07) is 3.37. The molecule has 0 aromatic carbocycles. The minimum Gasteiger partial charge on any atom is -0.478 e. The Kier molecular flexibility index (Phi) is 5.76. The van der Waals surface area contributed by atoms with Crippen LogP contribution in [-0.4, -0.2) is 35.8 Å². The van der Waals surface area contributed by atoms with Crippen LogP contribution in [0.2, 0.25) is 0 Å². The molecule has 0 bridgehead atoms. The molecule has 1 aromatic heterocycles. The number of methoxy groups -OCH3 is 1. The Balaban J connectivity index is 2.90. The first-order valence-corrected chi connectivity index (χ1v) is 6.44. The molecule has 2 N–H and O–H groups in total. The van der Waals surface area contributed by atoms with Crippen LogP contribution in [0.1, 0.15) is 49.2 Å². The van der Waals surface area contributed by atoms with Crippen LogP contribution in [-0.2, 0) is 4.74 Å². The van der Waals surface area contributed by atoms with Crippen molar-refractivity contribution in [1.82, 2.24) is 4.98 Å². The van der Waals surface area contributed by atoms with Gasteiger partial charge in [-0.15, -0.1) is 0 Å². The third-order valence-corrected chi connectivity index (χ3v) is 2.83. The topological polar surface area (TPSA) is 71.5 Å². The van der Waals surface area contributed by atoms with Gasteiger partial charge in [0.15, 0.2) is 0 Å². The second-order valence-corrected chi connectivity index (χ2v) is 4.95. The second kappa shape index (κ2) is 7.09. The molecule has 0 radical (unpaired) electrons. The Morgan fingerprint density at radius 3 is 2.63 bits per heavy atom. The van der Waals surface area contributed by atoms with Crippen LogP contribution in [0.15, 0.2) is 12.1 Å². The van der Waals surface area contributed by atoms with Crippen LogP contribution in [0, 0.1) is 0 Å². The maximum absolute atomic E-state index is 11.1. The van der Waals surface area contributed by atoms with Gasteiger partial charge in [-0.25, -0.2) is 9.78 Å². The number of anilines is 1. The monoisotopic (exact) mass is 266 g/mol. The van der Waals surface area contributed by atoms with Gasteiger partial charge >= 0.3 is 5.97 Å². The molecule has 0 amide bonds. The predicted molar refractivity (Wildman–Crippen MR) is 74.9 cm³/mol. The van der Waals surface area contributed by atoms with Gasteiger partial charge in [-0.1, -0.05) is 13.8 Å². The van der Waals surface area contributed by atoms with Crippen molar-refractivity contribution in [1.29, 1.82) is 0 Å². The molecule has 1 aromatic rings. The van der Waals surface area contributed by atoms with Gasteiger partial charge in [0.1, 0.15) is 5.82 Å². The van der Waals surface area contributed by atoms with Crippen molar-refractivity contribution in [2.75, 3.05) is 19.0 Å². The van der Waals surface area contributed by atoms with E-state index in [1.165, 1.54) is 0 Å². The van der Waals surface area contributed by atoms with Gasteiger partial charge in [0.2, 0.25) is 0 Å². The van der Waals surface area contributed by atoms with Gasteiger partial charge in [0.05, 0.1) is 5.56 Å². The number of pyridine rings is 1. The summed E-state index contributed by atoms with van der Waals surface area (Å²) in [6.45, 7) is 6.66. The zero-order valence-corrected chi connectivity index (χ0v) is 11.9. The molecule has 1 unspecified atom stereocenters. The highest BCUT2D eigenvalue weighted by Gasteiger charge is 2.12. The summed E-state index contributed by atoms with van der Waals surface area (Å²) in [7, 11) is 1.66. The first-order valence-electron chi connectivity index (χ1n) is 6.44. The number of hydrogen-bond acceptors (Lipinski definition) is 4. The highest BCUT2D eigenvalue weighted by atomic mass is 16.5. The Hall–Kier alpha value is -1.62. The standard InChI is InChI=1S/C14H22N2O3/c1-9(2)12-7-11(14(17)18)8-13(16-12)15-10(3)5-6-19-4/h7-10H,5-6H2,1-4H3,(H,15,16)(H,17,18). The Morgan fingerprint density at radius 1 is 1.42 bits per heavy atom. The quantitative estimate of drug-likeness (QED) is 0.794. The van der Waals surface area contributed by atoms with Crippen LogP contribution in [0.25, 0.3) is 0 Å². The van der Waals surface area contributed by atoms with Crippen molar-refractivity contribution in [2.45, 2.75) is 39.2 Å². The van der Waals surface area contributed by atoms with E-state index in [1.54, 1.807) is 19.2 Å². The van der Waals surface area contributed by atoms with E-state index in [1.807, 2.05) is 20.8 Å². The fourth-order valence-electron chi connectivity index (χ4n) is 1.66. The third kappa shape index (κ3) is 4.87. The summed E-state index contributed by atoms with van der Waals surface area (Å²) < 4.78 is 5.02. The number of carbonyl (C=O) groups is 1. The van der Waals surface area contributed by atoms with Gasteiger partial charge in [0, 0.05) is 25.5 Å². The minimum absolute atomic E-state index is 0.177. The van der Waals surface area contributed by atoms with Crippen LogP contribution < -0.4 is 5.32 Å². The number of carboxylic acid groups (broad SMARTS) is 1. The summed E-state index contributed by atoms with van der Waals surface area (Å²) in [5.41, 5.74) is 1.04. The molecular weight excluding hydrogens is 244 g/mol. The molecule has 0 aliphatic rings. The lowest BCUT2D eigenvalue weighted by atomic mass is 10.1. The summed E-state index contributed by atoms with van der Waals surface area (Å²) in [5.74, 6) is -0.141. The van der Waals surface area contributed by atoms with Crippen molar-refractivity contribution in [3.63, 3.8) is 0 Å². The van der Waals surface area contributed by atoms with Crippen LogP contribution in [0.5, 0.6) is 0 Å². The van der Waals surface area contributed by atoms with E-state index in [0.29, 0.717) is 12.4 Å². The number of nitrogens with zero attached hydrogens (tertiary/aromatic N) is 1. The lowest BCUT2D eigenvalue weighted by Crippen LogP contribution is -2.19. The van der Waals surface area contributed by atoms with Crippen molar-refractivity contribution < 1.29 is 14.6 Å². The first kappa shape index (κ1) is 15.4. The summed E-state index contributed by atoms with van der Waals surface area (Å²) >= 11 is 0. The molecule has 1 atom stereocenters. The molecule has 0 fully saturated rings. The zero-order valence-electron chi connectivity index (χ0n) is 11.9. The van der Waals surface area contributed by atoms with Gasteiger partial charge in [-0.2, -0.15) is 0 Å². The van der Waals surface area contributed by atoms with E-state index < -0.39 is 5.97 Å². The normalized spacial score (nSPS) is 12.5. The fourth-order valence-corrected chi connectivity index (χ4v) is 1.66. The average molecular weight is 266 g/mol. The lowest BCUT2D eigenvalue weighted by molar-refractivity contribution is 0.0696. The van der Waals surface area contributed by atoms with Gasteiger partial charge in [0.25, 0.3) is 0 Å². The number of aromatic carboxylic acids is 1. The largest absolute Gasteiger partial charge is 0.478 e. The molecule has 106 valence electrons. The summed E-state index contributed by atoms with van der Waals surface area (Å²) in [6.07, 6.45) is 0.840. The second-order valence-electron chi connectivity index (χ2n) is 4.95. The van der Waals surface area contributed by atoms with Crippen LogP contribution in [0.3, 0.4) is 0 Å². The SMILES string of the molecule is COCCC(C)Nc1cc(C(=O)O)cc(C(C)C)n1. The molecule has 1 heterocycles. The highest BCUT2D eigenvalue weighted by Crippen LogP contribution is 2.18. The van der Waals surface area contributed by atoms with E-state index in [-0.39, 0.29) is 17.5 Å². The molecular formula is C14H22N2O3. The number of aromatic nitrogens is 1. The first-order chi connectivity index (χ1) is 8.93. The molecule has 0 aliphatic carbocycles. The van der Waals surface area contributed by atoms with Crippen LogP contribution >= 0.6 is 0 Å². The lowest BCUT2D eigenvalue weighted by Gasteiger charge is -2.16. The summed E-state index contributed by atoms with van der Waals surface area (Å²) in [4.78, 5) is 15.6. The van der Waals surface area contributed by atoms with Crippen molar-refractivity contribution in [3.8, 4) is 0 Å². The Bertz CT molecular complexity index is 433. The highest BCUT2D eigenvalue weighted by molar-refractivity contribution is 5.88. The number of hydrogen-bond donors (Lipinski definition) is 2. The molecule has 5 heteroatoms. The van der Waals surface area contributed by atoms with E-state index >= 15 is 0 Å². The van der Waals surface area contributed by atoms with Gasteiger partial charge < -0.3 is 15.2 Å².